The molecule has 0 saturated carbocycles. The zero-order chi connectivity index (χ0) is 17.2. The molecule has 2 heterocycles. The molecule has 0 radical (unpaired) electrons. The molecule has 0 amide bonds. The van der Waals surface area contributed by atoms with E-state index in [0.29, 0.717) is 22.8 Å². The maximum absolute atomic E-state index is 12.6. The number of nitrogens with zero attached hydrogens (tertiary/aromatic N) is 4. The first-order valence-corrected chi connectivity index (χ1v) is 7.04. The molecule has 3 aromatic rings. The van der Waals surface area contributed by atoms with Crippen molar-refractivity contribution in [3.63, 3.8) is 0 Å². The van der Waals surface area contributed by atoms with Gasteiger partial charge in [-0.1, -0.05) is 0 Å². The molecule has 24 heavy (non-hydrogen) atoms. The van der Waals surface area contributed by atoms with Crippen molar-refractivity contribution in [2.24, 2.45) is 0 Å². The fraction of sp³-hybridized carbons (Fsp3) is 0.0667. The van der Waals surface area contributed by atoms with Gasteiger partial charge < -0.3 is 5.32 Å². The van der Waals surface area contributed by atoms with Gasteiger partial charge in [0.25, 0.3) is 0 Å². The number of nitrogens with one attached hydrogen (secondary N) is 1. The Kier molecular flexibility index (Phi) is 4.30. The molecule has 1 N–H and O–H groups in total. The lowest BCUT2D eigenvalue weighted by Crippen LogP contribution is -2.05. The highest BCUT2D eigenvalue weighted by Crippen LogP contribution is 2.31. The average molecular weight is 352 g/mol. The van der Waals surface area contributed by atoms with Crippen LogP contribution >= 0.6 is 11.6 Å². The van der Waals surface area contributed by atoms with E-state index in [1.807, 2.05) is 0 Å². The molecular formula is C15H9ClF3N5. The summed E-state index contributed by atoms with van der Waals surface area (Å²) in [4.78, 5) is 16.1. The summed E-state index contributed by atoms with van der Waals surface area (Å²) in [7, 11) is 0. The van der Waals surface area contributed by atoms with E-state index in [0.717, 1.165) is 12.1 Å². The van der Waals surface area contributed by atoms with Crippen molar-refractivity contribution in [3.8, 4) is 11.3 Å². The quantitative estimate of drug-likeness (QED) is 0.711. The topological polar surface area (TPSA) is 63.6 Å². The summed E-state index contributed by atoms with van der Waals surface area (Å²) in [6.45, 7) is 0. The monoisotopic (exact) mass is 351 g/mol. The van der Waals surface area contributed by atoms with Crippen molar-refractivity contribution in [3.05, 3.63) is 59.9 Å². The Morgan fingerprint density at radius 3 is 2.12 bits per heavy atom. The fourth-order valence-corrected chi connectivity index (χ4v) is 2.05. The van der Waals surface area contributed by atoms with Crippen LogP contribution in [0.2, 0.25) is 5.28 Å². The van der Waals surface area contributed by atoms with Gasteiger partial charge in [-0.2, -0.15) is 13.2 Å². The Labute approximate surface area is 139 Å². The SMILES string of the molecule is FC(F)(F)c1ccc(Nc2nccnc2-c2cnc(Cl)nc2)cc1. The second kappa shape index (κ2) is 6.40. The molecule has 0 aliphatic rings. The van der Waals surface area contributed by atoms with Gasteiger partial charge in [-0.3, -0.25) is 4.98 Å². The Morgan fingerprint density at radius 2 is 1.50 bits per heavy atom. The summed E-state index contributed by atoms with van der Waals surface area (Å²) in [5.74, 6) is 0.364. The van der Waals surface area contributed by atoms with Crippen molar-refractivity contribution in [2.45, 2.75) is 6.18 Å². The Balaban J connectivity index is 1.89. The summed E-state index contributed by atoms with van der Waals surface area (Å²) >= 11 is 5.65. The van der Waals surface area contributed by atoms with E-state index in [-0.39, 0.29) is 5.28 Å². The van der Waals surface area contributed by atoms with Gasteiger partial charge in [0.15, 0.2) is 5.82 Å². The van der Waals surface area contributed by atoms with Crippen LogP contribution in [0.15, 0.2) is 49.1 Å². The number of alkyl halides is 3. The molecule has 0 saturated heterocycles. The number of aromatic nitrogens is 4. The van der Waals surface area contributed by atoms with Crippen LogP contribution in [0.1, 0.15) is 5.56 Å². The van der Waals surface area contributed by atoms with Crippen molar-refractivity contribution >= 4 is 23.1 Å². The molecule has 5 nitrogen and oxygen atoms in total. The smallest absolute Gasteiger partial charge is 0.338 e. The first-order chi connectivity index (χ1) is 11.4. The van der Waals surface area contributed by atoms with Gasteiger partial charge in [-0.05, 0) is 35.9 Å². The van der Waals surface area contributed by atoms with Gasteiger partial charge in [-0.25, -0.2) is 15.0 Å². The van der Waals surface area contributed by atoms with E-state index < -0.39 is 11.7 Å². The standard InChI is InChI=1S/C15H9ClF3N5/c16-14-22-7-9(8-23-14)12-13(21-6-5-20-12)24-11-3-1-10(2-4-11)15(17,18)19/h1-8H,(H,21,24). The van der Waals surface area contributed by atoms with Crippen LogP contribution in [0.3, 0.4) is 0 Å². The number of benzene rings is 1. The molecule has 0 aliphatic carbocycles. The van der Waals surface area contributed by atoms with E-state index in [9.17, 15) is 13.2 Å². The Morgan fingerprint density at radius 1 is 0.875 bits per heavy atom. The van der Waals surface area contributed by atoms with Crippen LogP contribution in [-0.2, 0) is 6.18 Å². The lowest BCUT2D eigenvalue weighted by molar-refractivity contribution is -0.137. The number of hydrogen-bond donors (Lipinski definition) is 1. The molecule has 122 valence electrons. The highest BCUT2D eigenvalue weighted by Gasteiger charge is 2.29. The maximum atomic E-state index is 12.6. The predicted molar refractivity (Wildman–Crippen MR) is 82.8 cm³/mol. The lowest BCUT2D eigenvalue weighted by Gasteiger charge is -2.11. The van der Waals surface area contributed by atoms with Crippen LogP contribution in [0.25, 0.3) is 11.3 Å². The number of anilines is 2. The van der Waals surface area contributed by atoms with Gasteiger partial charge in [0.2, 0.25) is 5.28 Å². The molecule has 1 aromatic carbocycles. The fourth-order valence-electron chi connectivity index (χ4n) is 1.95. The Bertz CT molecular complexity index is 835. The summed E-state index contributed by atoms with van der Waals surface area (Å²) < 4.78 is 37.8. The molecule has 3 rings (SSSR count). The number of halogens is 4. The zero-order valence-corrected chi connectivity index (χ0v) is 12.7. The van der Waals surface area contributed by atoms with E-state index in [1.165, 1.54) is 36.9 Å². The van der Waals surface area contributed by atoms with Crippen LogP contribution < -0.4 is 5.32 Å². The van der Waals surface area contributed by atoms with Gasteiger partial charge in [-0.15, -0.1) is 0 Å². The maximum Gasteiger partial charge on any atom is 0.416 e. The molecule has 0 spiro atoms. The largest absolute Gasteiger partial charge is 0.416 e. The summed E-state index contributed by atoms with van der Waals surface area (Å²) in [5, 5.41) is 3.03. The molecule has 0 bridgehead atoms. The lowest BCUT2D eigenvalue weighted by atomic mass is 10.2. The molecule has 0 unspecified atom stereocenters. The number of hydrogen-bond acceptors (Lipinski definition) is 5. The highest BCUT2D eigenvalue weighted by molar-refractivity contribution is 6.28. The second-order valence-corrected chi connectivity index (χ2v) is 5.03. The summed E-state index contributed by atoms with van der Waals surface area (Å²) in [5.41, 5.74) is 0.745. The first-order valence-electron chi connectivity index (χ1n) is 6.67. The van der Waals surface area contributed by atoms with Crippen molar-refractivity contribution in [1.29, 1.82) is 0 Å². The summed E-state index contributed by atoms with van der Waals surface area (Å²) in [6.07, 6.45) is 1.54. The van der Waals surface area contributed by atoms with Crippen molar-refractivity contribution in [2.75, 3.05) is 5.32 Å². The van der Waals surface area contributed by atoms with Crippen LogP contribution in [0.5, 0.6) is 0 Å². The normalized spacial score (nSPS) is 11.3. The van der Waals surface area contributed by atoms with E-state index in [4.69, 9.17) is 11.6 Å². The molecule has 0 atom stereocenters. The zero-order valence-electron chi connectivity index (χ0n) is 11.9. The Hall–Kier alpha value is -2.74. The van der Waals surface area contributed by atoms with Gasteiger partial charge in [0.05, 0.1) is 5.56 Å². The van der Waals surface area contributed by atoms with Crippen LogP contribution in [0, 0.1) is 0 Å². The molecule has 0 fully saturated rings. The third-order valence-corrected chi connectivity index (χ3v) is 3.26. The van der Waals surface area contributed by atoms with E-state index in [2.05, 4.69) is 25.3 Å². The van der Waals surface area contributed by atoms with Crippen LogP contribution in [-0.4, -0.2) is 19.9 Å². The second-order valence-electron chi connectivity index (χ2n) is 4.69. The highest BCUT2D eigenvalue weighted by atomic mass is 35.5. The van der Waals surface area contributed by atoms with Crippen LogP contribution in [0.4, 0.5) is 24.7 Å². The van der Waals surface area contributed by atoms with E-state index in [1.54, 1.807) is 0 Å². The third-order valence-electron chi connectivity index (χ3n) is 3.07. The van der Waals surface area contributed by atoms with Gasteiger partial charge in [0.1, 0.15) is 5.69 Å². The van der Waals surface area contributed by atoms with Crippen molar-refractivity contribution < 1.29 is 13.2 Å². The summed E-state index contributed by atoms with van der Waals surface area (Å²) in [6, 6.07) is 4.62. The third kappa shape index (κ3) is 3.60. The van der Waals surface area contributed by atoms with Crippen molar-refractivity contribution in [1.82, 2.24) is 19.9 Å². The first kappa shape index (κ1) is 16.1. The minimum Gasteiger partial charge on any atom is -0.338 e. The average Bonchev–Trinajstić information content (AvgIpc) is 2.56. The van der Waals surface area contributed by atoms with Gasteiger partial charge >= 0.3 is 6.18 Å². The minimum atomic E-state index is -4.38. The van der Waals surface area contributed by atoms with E-state index >= 15 is 0 Å². The minimum absolute atomic E-state index is 0.0971. The molecule has 0 aliphatic heterocycles. The number of rotatable bonds is 3. The molecule has 2 aromatic heterocycles. The van der Waals surface area contributed by atoms with Gasteiger partial charge in [0, 0.05) is 36.0 Å². The predicted octanol–water partition coefficient (Wildman–Crippen LogP) is 4.35. The molecular weight excluding hydrogens is 343 g/mol. The molecule has 9 heteroatoms.